The fourth-order valence-electron chi connectivity index (χ4n) is 3.61. The third-order valence-electron chi connectivity index (χ3n) is 4.88. The molecule has 0 amide bonds. The Kier molecular flexibility index (Phi) is 3.58. The lowest BCUT2D eigenvalue weighted by Crippen LogP contribution is -2.27. The van der Waals surface area contributed by atoms with Crippen molar-refractivity contribution >= 4 is 23.1 Å². The Labute approximate surface area is 140 Å². The zero-order valence-electron chi connectivity index (χ0n) is 13.5. The molecular formula is C17H21N5S. The van der Waals surface area contributed by atoms with Gasteiger partial charge in [-0.2, -0.15) is 5.10 Å². The number of nitrogens with one attached hydrogen (secondary N) is 1. The van der Waals surface area contributed by atoms with Gasteiger partial charge in [0.1, 0.15) is 5.82 Å². The Morgan fingerprint density at radius 1 is 1.26 bits per heavy atom. The molecule has 0 fully saturated rings. The first-order chi connectivity index (χ1) is 11.1. The van der Waals surface area contributed by atoms with Crippen LogP contribution in [0.1, 0.15) is 17.1 Å². The predicted molar refractivity (Wildman–Crippen MR) is 94.1 cm³/mol. The van der Waals surface area contributed by atoms with Crippen LogP contribution in [0.25, 0.3) is 10.9 Å². The molecule has 0 atom stereocenters. The van der Waals surface area contributed by atoms with E-state index in [9.17, 15) is 0 Å². The van der Waals surface area contributed by atoms with E-state index in [0.717, 1.165) is 38.3 Å². The van der Waals surface area contributed by atoms with Crippen LogP contribution in [0.3, 0.4) is 0 Å². The standard InChI is InChI=1S/C17H21N5S/c1-20-9-7-15-13(11-20)12-5-3-4-6-14(12)22(15)10-8-16-18-19-17(23)21(16)2/h3-6H,7-11H2,1-2H3,(H,19,23). The fourth-order valence-corrected chi connectivity index (χ4v) is 3.76. The third kappa shape index (κ3) is 2.42. The average Bonchev–Trinajstić information content (AvgIpc) is 3.04. The highest BCUT2D eigenvalue weighted by molar-refractivity contribution is 7.71. The zero-order chi connectivity index (χ0) is 16.0. The molecule has 0 saturated heterocycles. The Balaban J connectivity index is 1.75. The molecule has 5 nitrogen and oxygen atoms in total. The number of rotatable bonds is 3. The van der Waals surface area contributed by atoms with Gasteiger partial charge < -0.3 is 14.0 Å². The molecule has 4 rings (SSSR count). The summed E-state index contributed by atoms with van der Waals surface area (Å²) in [5.74, 6) is 1.01. The van der Waals surface area contributed by atoms with Crippen LogP contribution in [0.5, 0.6) is 0 Å². The Morgan fingerprint density at radius 3 is 2.87 bits per heavy atom. The number of aryl methyl sites for hydroxylation is 2. The highest BCUT2D eigenvalue weighted by Crippen LogP contribution is 2.30. The van der Waals surface area contributed by atoms with E-state index in [4.69, 9.17) is 12.2 Å². The van der Waals surface area contributed by atoms with E-state index in [1.807, 2.05) is 11.6 Å². The van der Waals surface area contributed by atoms with E-state index in [-0.39, 0.29) is 0 Å². The molecule has 0 radical (unpaired) electrons. The van der Waals surface area contributed by atoms with Crippen LogP contribution in [0, 0.1) is 4.77 Å². The Morgan fingerprint density at radius 2 is 2.09 bits per heavy atom. The van der Waals surface area contributed by atoms with Gasteiger partial charge in [0.05, 0.1) is 0 Å². The van der Waals surface area contributed by atoms with Gasteiger partial charge in [0, 0.05) is 56.1 Å². The number of hydrogen-bond acceptors (Lipinski definition) is 3. The number of para-hydroxylation sites is 1. The van der Waals surface area contributed by atoms with Crippen LogP contribution >= 0.6 is 12.2 Å². The van der Waals surface area contributed by atoms with Gasteiger partial charge in [0.15, 0.2) is 4.77 Å². The molecule has 6 heteroatoms. The molecule has 3 heterocycles. The van der Waals surface area contributed by atoms with Crippen molar-refractivity contribution < 1.29 is 0 Å². The maximum Gasteiger partial charge on any atom is 0.194 e. The van der Waals surface area contributed by atoms with Crippen LogP contribution in [-0.4, -0.2) is 37.8 Å². The molecule has 1 aliphatic heterocycles. The average molecular weight is 327 g/mol. The number of H-pyrrole nitrogens is 1. The van der Waals surface area contributed by atoms with E-state index in [0.29, 0.717) is 4.77 Å². The lowest BCUT2D eigenvalue weighted by molar-refractivity contribution is 0.309. The van der Waals surface area contributed by atoms with Crippen molar-refractivity contribution in [2.45, 2.75) is 25.9 Å². The molecule has 0 saturated carbocycles. The molecule has 2 aromatic heterocycles. The molecule has 1 aromatic carbocycles. The molecule has 23 heavy (non-hydrogen) atoms. The maximum absolute atomic E-state index is 5.21. The lowest BCUT2D eigenvalue weighted by atomic mass is 10.1. The first-order valence-corrected chi connectivity index (χ1v) is 8.44. The molecule has 0 aliphatic carbocycles. The summed E-state index contributed by atoms with van der Waals surface area (Å²) < 4.78 is 5.12. The van der Waals surface area contributed by atoms with Crippen molar-refractivity contribution in [1.29, 1.82) is 0 Å². The molecule has 0 spiro atoms. The van der Waals surface area contributed by atoms with Crippen LogP contribution in [0.4, 0.5) is 0 Å². The maximum atomic E-state index is 5.21. The minimum Gasteiger partial charge on any atom is -0.344 e. The lowest BCUT2D eigenvalue weighted by Gasteiger charge is -2.24. The number of nitrogens with zero attached hydrogens (tertiary/aromatic N) is 4. The quantitative estimate of drug-likeness (QED) is 0.752. The molecular weight excluding hydrogens is 306 g/mol. The van der Waals surface area contributed by atoms with Crippen molar-refractivity contribution in [2.75, 3.05) is 13.6 Å². The van der Waals surface area contributed by atoms with Crippen molar-refractivity contribution in [3.8, 4) is 0 Å². The molecule has 0 bridgehead atoms. The third-order valence-corrected chi connectivity index (χ3v) is 5.25. The van der Waals surface area contributed by atoms with Gasteiger partial charge in [-0.25, -0.2) is 0 Å². The predicted octanol–water partition coefficient (Wildman–Crippen LogP) is 2.66. The van der Waals surface area contributed by atoms with Gasteiger partial charge in [0.25, 0.3) is 0 Å². The van der Waals surface area contributed by atoms with Gasteiger partial charge >= 0.3 is 0 Å². The van der Waals surface area contributed by atoms with E-state index in [2.05, 4.69) is 51.0 Å². The molecule has 0 unspecified atom stereocenters. The van der Waals surface area contributed by atoms with Crippen molar-refractivity contribution in [3.63, 3.8) is 0 Å². The second-order valence-electron chi connectivity index (χ2n) is 6.34. The van der Waals surface area contributed by atoms with Crippen molar-refractivity contribution in [1.82, 2.24) is 24.2 Å². The molecule has 3 aromatic rings. The van der Waals surface area contributed by atoms with Gasteiger partial charge in [-0.3, -0.25) is 5.10 Å². The minimum absolute atomic E-state index is 0.681. The van der Waals surface area contributed by atoms with E-state index in [1.165, 1.54) is 22.2 Å². The zero-order valence-corrected chi connectivity index (χ0v) is 14.4. The normalized spacial score (nSPS) is 15.2. The van der Waals surface area contributed by atoms with Crippen molar-refractivity contribution in [2.24, 2.45) is 7.05 Å². The first-order valence-electron chi connectivity index (χ1n) is 8.03. The van der Waals surface area contributed by atoms with Gasteiger partial charge in [0.2, 0.25) is 0 Å². The van der Waals surface area contributed by atoms with E-state index in [1.54, 1.807) is 0 Å². The SMILES string of the molecule is CN1CCc2c(c3ccccc3n2CCc2n[nH]c(=S)n2C)C1. The number of fused-ring (bicyclic) bond motifs is 3. The van der Waals surface area contributed by atoms with Gasteiger partial charge in [-0.15, -0.1) is 0 Å². The number of benzene rings is 1. The van der Waals surface area contributed by atoms with Crippen LogP contribution < -0.4 is 0 Å². The second-order valence-corrected chi connectivity index (χ2v) is 6.72. The summed E-state index contributed by atoms with van der Waals surface area (Å²) >= 11 is 5.21. The second kappa shape index (κ2) is 5.62. The first kappa shape index (κ1) is 14.7. The van der Waals surface area contributed by atoms with Gasteiger partial charge in [-0.1, -0.05) is 18.2 Å². The summed E-state index contributed by atoms with van der Waals surface area (Å²) in [7, 11) is 4.17. The largest absolute Gasteiger partial charge is 0.344 e. The van der Waals surface area contributed by atoms with Crippen molar-refractivity contribution in [3.05, 3.63) is 46.1 Å². The van der Waals surface area contributed by atoms with E-state index >= 15 is 0 Å². The molecule has 1 aliphatic rings. The number of aromatic amines is 1. The smallest absolute Gasteiger partial charge is 0.194 e. The summed E-state index contributed by atoms with van der Waals surface area (Å²) in [5.41, 5.74) is 4.32. The number of hydrogen-bond donors (Lipinski definition) is 1. The van der Waals surface area contributed by atoms with Crippen LogP contribution in [0.2, 0.25) is 0 Å². The number of aromatic nitrogens is 4. The van der Waals surface area contributed by atoms with Gasteiger partial charge in [-0.05, 0) is 30.9 Å². The molecule has 120 valence electrons. The monoisotopic (exact) mass is 327 g/mol. The Bertz CT molecular complexity index is 917. The summed E-state index contributed by atoms with van der Waals surface area (Å²) in [6.07, 6.45) is 1.99. The summed E-state index contributed by atoms with van der Waals surface area (Å²) in [6, 6.07) is 8.75. The summed E-state index contributed by atoms with van der Waals surface area (Å²) in [4.78, 5) is 2.40. The highest BCUT2D eigenvalue weighted by atomic mass is 32.1. The highest BCUT2D eigenvalue weighted by Gasteiger charge is 2.22. The van der Waals surface area contributed by atoms with Crippen LogP contribution in [-0.2, 0) is 33.0 Å². The fraction of sp³-hybridized carbons (Fsp3) is 0.412. The Hall–Kier alpha value is -1.92. The summed E-state index contributed by atoms with van der Waals surface area (Å²) in [5, 5.41) is 8.61. The van der Waals surface area contributed by atoms with E-state index < -0.39 is 0 Å². The molecule has 1 N–H and O–H groups in total. The number of likely N-dealkylation sites (N-methyl/N-ethyl adjacent to an activating group) is 1. The summed E-state index contributed by atoms with van der Waals surface area (Å²) in [6.45, 7) is 3.10. The topological polar surface area (TPSA) is 41.8 Å². The van der Waals surface area contributed by atoms with Crippen LogP contribution in [0.15, 0.2) is 24.3 Å². The minimum atomic E-state index is 0.681.